The van der Waals surface area contributed by atoms with Gasteiger partial charge in [0.05, 0.1) is 30.3 Å². The summed E-state index contributed by atoms with van der Waals surface area (Å²) in [6, 6.07) is 14.7. The number of halogens is 3. The van der Waals surface area contributed by atoms with Crippen LogP contribution in [-0.4, -0.2) is 40.0 Å². The number of fused-ring (bicyclic) bond motifs is 1. The molecule has 4 rings (SSSR count). The summed E-state index contributed by atoms with van der Waals surface area (Å²) in [6.45, 7) is 0.370. The summed E-state index contributed by atoms with van der Waals surface area (Å²) in [4.78, 5) is -0.350. The van der Waals surface area contributed by atoms with Gasteiger partial charge in [0.25, 0.3) is 10.0 Å². The summed E-state index contributed by atoms with van der Waals surface area (Å²) in [7, 11) is 0.499. The molecule has 0 unspecified atom stereocenters. The lowest BCUT2D eigenvalue weighted by Gasteiger charge is -2.14. The van der Waals surface area contributed by atoms with Crippen LogP contribution in [0.1, 0.15) is 5.56 Å². The summed E-state index contributed by atoms with van der Waals surface area (Å²) < 4.78 is 80.9. The van der Waals surface area contributed by atoms with Gasteiger partial charge in [-0.25, -0.2) is 12.4 Å². The van der Waals surface area contributed by atoms with Crippen molar-refractivity contribution < 1.29 is 35.8 Å². The van der Waals surface area contributed by atoms with E-state index in [0.29, 0.717) is 45.9 Å². The molecule has 0 spiro atoms. The molecule has 1 heterocycles. The third-order valence-corrected chi connectivity index (χ3v) is 7.17. The molecule has 4 aromatic rings. The van der Waals surface area contributed by atoms with Crippen molar-refractivity contribution in [3.63, 3.8) is 0 Å². The molecule has 37 heavy (non-hydrogen) atoms. The van der Waals surface area contributed by atoms with Crippen LogP contribution in [0, 0.1) is 0 Å². The lowest BCUT2D eigenvalue weighted by molar-refractivity contribution is -0.274. The van der Waals surface area contributed by atoms with Crippen molar-refractivity contribution in [2.75, 3.05) is 26.6 Å². The molecule has 0 atom stereocenters. The number of nitrogens with one attached hydrogen (secondary N) is 2. The van der Waals surface area contributed by atoms with Gasteiger partial charge in [-0.3, -0.25) is 0 Å². The number of benzene rings is 3. The Hall–Kier alpha value is -3.90. The number of hydrogen-bond donors (Lipinski definition) is 2. The summed E-state index contributed by atoms with van der Waals surface area (Å²) >= 11 is 0. The van der Waals surface area contributed by atoms with Crippen molar-refractivity contribution in [1.82, 2.24) is 9.29 Å². The van der Waals surface area contributed by atoms with E-state index in [4.69, 9.17) is 9.47 Å². The first-order valence-electron chi connectivity index (χ1n) is 10.9. The molecule has 0 aliphatic heterocycles. The fourth-order valence-electron chi connectivity index (χ4n) is 3.88. The van der Waals surface area contributed by atoms with E-state index in [9.17, 15) is 21.6 Å². The van der Waals surface area contributed by atoms with Crippen molar-refractivity contribution in [3.8, 4) is 17.2 Å². The molecule has 8 nitrogen and oxygen atoms in total. The molecule has 0 radical (unpaired) electrons. The zero-order valence-corrected chi connectivity index (χ0v) is 20.9. The molecular weight excluding hydrogens is 511 g/mol. The van der Waals surface area contributed by atoms with Crippen molar-refractivity contribution in [1.29, 1.82) is 0 Å². The highest BCUT2D eigenvalue weighted by Crippen LogP contribution is 2.34. The maximum Gasteiger partial charge on any atom is 0.573 e. The average Bonchev–Trinajstić information content (AvgIpc) is 3.22. The van der Waals surface area contributed by atoms with E-state index >= 15 is 0 Å². The number of anilines is 2. The van der Waals surface area contributed by atoms with Crippen LogP contribution in [0.2, 0.25) is 0 Å². The van der Waals surface area contributed by atoms with E-state index in [2.05, 4.69) is 15.4 Å². The van der Waals surface area contributed by atoms with Gasteiger partial charge in [0.15, 0.2) is 0 Å². The van der Waals surface area contributed by atoms with Gasteiger partial charge >= 0.3 is 6.36 Å². The third-order valence-electron chi connectivity index (χ3n) is 5.51. The first-order valence-corrected chi connectivity index (χ1v) is 12.4. The monoisotopic (exact) mass is 535 g/mol. The Labute approximate surface area is 211 Å². The topological polar surface area (TPSA) is 90.8 Å². The second kappa shape index (κ2) is 10.2. The minimum atomic E-state index is -4.95. The Bertz CT molecular complexity index is 1530. The van der Waals surface area contributed by atoms with Gasteiger partial charge in [0.1, 0.15) is 17.2 Å². The van der Waals surface area contributed by atoms with Crippen molar-refractivity contribution in [3.05, 3.63) is 72.4 Å². The number of methoxy groups -OCH3 is 2. The predicted molar refractivity (Wildman–Crippen MR) is 133 cm³/mol. The highest BCUT2D eigenvalue weighted by Gasteiger charge is 2.32. The molecule has 0 saturated heterocycles. The standard InChI is InChI=1S/C25H24F3N3O5S/c1-29-14-16-15-31(37(32,33)20-6-4-5-19(12-20)36-25(26,27)28)23-11-17(7-9-21(16)23)30-22-10-8-18(34-2)13-24(22)35-3/h4-13,15,29-30H,14H2,1-3H3. The molecule has 3 aromatic carbocycles. The van der Waals surface area contributed by atoms with Crippen LogP contribution < -0.4 is 24.8 Å². The largest absolute Gasteiger partial charge is 0.573 e. The summed E-state index contributed by atoms with van der Waals surface area (Å²) in [5, 5.41) is 6.87. The third kappa shape index (κ3) is 5.59. The molecule has 0 bridgehead atoms. The van der Waals surface area contributed by atoms with Crippen molar-refractivity contribution in [2.45, 2.75) is 17.8 Å². The van der Waals surface area contributed by atoms with Crippen LogP contribution in [0.3, 0.4) is 0 Å². The molecule has 196 valence electrons. The van der Waals surface area contributed by atoms with E-state index in [1.807, 2.05) is 0 Å². The number of rotatable bonds is 9. The van der Waals surface area contributed by atoms with E-state index in [1.54, 1.807) is 43.4 Å². The van der Waals surface area contributed by atoms with Gasteiger partial charge < -0.3 is 24.8 Å². The van der Waals surface area contributed by atoms with Gasteiger partial charge in [-0.05, 0) is 49.0 Å². The maximum absolute atomic E-state index is 13.6. The fourth-order valence-corrected chi connectivity index (χ4v) is 5.30. The summed E-state index contributed by atoms with van der Waals surface area (Å²) in [5.74, 6) is 0.487. The molecule has 12 heteroatoms. The molecule has 0 aliphatic rings. The van der Waals surface area contributed by atoms with Crippen LogP contribution in [0.15, 0.2) is 71.8 Å². The van der Waals surface area contributed by atoms with Gasteiger partial charge in [-0.15, -0.1) is 13.2 Å². The Morgan fingerprint density at radius 3 is 2.41 bits per heavy atom. The zero-order chi connectivity index (χ0) is 26.8. The lowest BCUT2D eigenvalue weighted by Crippen LogP contribution is -2.18. The second-order valence-electron chi connectivity index (χ2n) is 7.93. The smallest absolute Gasteiger partial charge is 0.497 e. The second-order valence-corrected chi connectivity index (χ2v) is 9.75. The van der Waals surface area contributed by atoms with E-state index in [0.717, 1.165) is 16.1 Å². The number of ether oxygens (including phenoxy) is 3. The molecule has 0 aliphatic carbocycles. The molecule has 1 aromatic heterocycles. The zero-order valence-electron chi connectivity index (χ0n) is 20.1. The van der Waals surface area contributed by atoms with Crippen molar-refractivity contribution >= 4 is 32.3 Å². The number of alkyl halides is 3. The Morgan fingerprint density at radius 1 is 0.946 bits per heavy atom. The van der Waals surface area contributed by atoms with Gasteiger partial charge in [0, 0.05) is 35.9 Å². The average molecular weight is 536 g/mol. The Kier molecular flexibility index (Phi) is 7.23. The van der Waals surface area contributed by atoms with Gasteiger partial charge in [-0.2, -0.15) is 0 Å². The van der Waals surface area contributed by atoms with Gasteiger partial charge in [0.2, 0.25) is 0 Å². The maximum atomic E-state index is 13.6. The van der Waals surface area contributed by atoms with Gasteiger partial charge in [-0.1, -0.05) is 12.1 Å². The van der Waals surface area contributed by atoms with Crippen LogP contribution in [0.4, 0.5) is 24.5 Å². The number of aromatic nitrogens is 1. The summed E-state index contributed by atoms with van der Waals surface area (Å²) in [5.41, 5.74) is 2.22. The van der Waals surface area contributed by atoms with Crippen LogP contribution in [0.25, 0.3) is 10.9 Å². The first kappa shape index (κ1) is 26.2. The number of hydrogen-bond acceptors (Lipinski definition) is 7. The fraction of sp³-hybridized carbons (Fsp3) is 0.200. The normalized spacial score (nSPS) is 11.9. The lowest BCUT2D eigenvalue weighted by atomic mass is 10.1. The molecule has 2 N–H and O–H groups in total. The predicted octanol–water partition coefficient (Wildman–Crippen LogP) is 5.26. The Balaban J connectivity index is 1.80. The van der Waals surface area contributed by atoms with E-state index < -0.39 is 22.1 Å². The van der Waals surface area contributed by atoms with Crippen LogP contribution >= 0.6 is 0 Å². The summed E-state index contributed by atoms with van der Waals surface area (Å²) in [6.07, 6.45) is -3.50. The first-order chi connectivity index (χ1) is 17.6. The van der Waals surface area contributed by atoms with Crippen LogP contribution in [-0.2, 0) is 16.6 Å². The van der Waals surface area contributed by atoms with Crippen LogP contribution in [0.5, 0.6) is 17.2 Å². The minimum absolute atomic E-state index is 0.338. The van der Waals surface area contributed by atoms with Crippen molar-refractivity contribution in [2.24, 2.45) is 0 Å². The SMILES string of the molecule is CNCc1cn(S(=O)(=O)c2cccc(OC(F)(F)F)c2)c2cc(Nc3ccc(OC)cc3OC)ccc12. The molecular formula is C25H24F3N3O5S. The van der Waals surface area contributed by atoms with E-state index in [-0.39, 0.29) is 4.90 Å². The number of nitrogens with zero attached hydrogens (tertiary/aromatic N) is 1. The molecule has 0 amide bonds. The Morgan fingerprint density at radius 2 is 1.73 bits per heavy atom. The minimum Gasteiger partial charge on any atom is -0.497 e. The van der Waals surface area contributed by atoms with E-state index in [1.165, 1.54) is 32.5 Å². The molecule has 0 saturated carbocycles. The quantitative estimate of drug-likeness (QED) is 0.302. The highest BCUT2D eigenvalue weighted by molar-refractivity contribution is 7.90. The highest BCUT2D eigenvalue weighted by atomic mass is 32.2. The molecule has 0 fully saturated rings.